The van der Waals surface area contributed by atoms with Crippen molar-refractivity contribution in [2.24, 2.45) is 0 Å². The van der Waals surface area contributed by atoms with Crippen LogP contribution >= 0.6 is 0 Å². The average Bonchev–Trinajstić information content (AvgIpc) is 3.86. The van der Waals surface area contributed by atoms with Gasteiger partial charge < -0.3 is 28.6 Å². The maximum atomic E-state index is 18.1. The van der Waals surface area contributed by atoms with Crippen molar-refractivity contribution < 1.29 is 41.7 Å². The summed E-state index contributed by atoms with van der Waals surface area (Å²) in [6, 6.07) is 5.41. The molecule has 0 unspecified atom stereocenters. The number of amides is 1. The number of rotatable bonds is 10. The average molecular weight is 929 g/mol. The van der Waals surface area contributed by atoms with Gasteiger partial charge in [-0.25, -0.2) is 22.9 Å². The smallest absolute Gasteiger partial charge is 0.410 e. The zero-order chi connectivity index (χ0) is 47.0. The number of carbonyl (C=O) groups is 1. The first-order chi connectivity index (χ1) is 31.4. The number of ether oxygens (including phenoxy) is 5. The van der Waals surface area contributed by atoms with Crippen LogP contribution in [0, 0.1) is 23.1 Å². The second kappa shape index (κ2) is 17.3. The van der Waals surface area contributed by atoms with Crippen LogP contribution in [0.5, 0.6) is 17.6 Å². The minimum absolute atomic E-state index is 0.0670. The molecule has 1 amide bonds. The second-order valence-corrected chi connectivity index (χ2v) is 26.5. The molecular formula is C50H63F3N6O6Si. The summed E-state index contributed by atoms with van der Waals surface area (Å²) >= 11 is 0. The molecule has 2 bridgehead atoms. The Kier molecular flexibility index (Phi) is 12.2. The number of methoxy groups -OCH3 is 1. The number of alkyl halides is 1. The Morgan fingerprint density at radius 3 is 2.45 bits per heavy atom. The maximum Gasteiger partial charge on any atom is 0.410 e. The number of piperazine rings is 1. The van der Waals surface area contributed by atoms with E-state index in [2.05, 4.69) is 62.8 Å². The van der Waals surface area contributed by atoms with Crippen LogP contribution in [-0.4, -0.2) is 121 Å². The first-order valence-corrected chi connectivity index (χ1v) is 25.8. The van der Waals surface area contributed by atoms with E-state index in [0.717, 1.165) is 25.8 Å². The minimum atomic E-state index is -2.36. The molecular weight excluding hydrogens is 866 g/mol. The van der Waals surface area contributed by atoms with Crippen LogP contribution < -0.4 is 19.1 Å². The van der Waals surface area contributed by atoms with Gasteiger partial charge >= 0.3 is 12.1 Å². The van der Waals surface area contributed by atoms with Gasteiger partial charge in [-0.2, -0.15) is 9.97 Å². The second-order valence-electron chi connectivity index (χ2n) is 20.9. The van der Waals surface area contributed by atoms with E-state index in [0.29, 0.717) is 48.3 Å². The third-order valence-electron chi connectivity index (χ3n) is 14.9. The Hall–Kier alpha value is -4.85. The number of nitrogens with zero attached hydrogens (tertiary/aromatic N) is 6. The van der Waals surface area contributed by atoms with E-state index in [4.69, 9.17) is 38.6 Å². The van der Waals surface area contributed by atoms with Gasteiger partial charge in [-0.15, -0.1) is 5.54 Å². The van der Waals surface area contributed by atoms with Crippen molar-refractivity contribution in [3.63, 3.8) is 0 Å². The number of hydrogen-bond donors (Lipinski definition) is 0. The number of aromatic nitrogens is 3. The van der Waals surface area contributed by atoms with Gasteiger partial charge in [-0.1, -0.05) is 53.5 Å². The molecule has 2 aromatic heterocycles. The molecule has 66 heavy (non-hydrogen) atoms. The lowest BCUT2D eigenvalue weighted by molar-refractivity contribution is 0.00537. The molecule has 2 aromatic carbocycles. The van der Waals surface area contributed by atoms with Crippen molar-refractivity contribution >= 4 is 41.7 Å². The number of benzene rings is 2. The minimum Gasteiger partial charge on any atom is -0.475 e. The summed E-state index contributed by atoms with van der Waals surface area (Å²) in [5.41, 5.74) is 3.43. The molecule has 4 saturated heterocycles. The Morgan fingerprint density at radius 2 is 1.74 bits per heavy atom. The summed E-state index contributed by atoms with van der Waals surface area (Å²) < 4.78 is 79.9. The Labute approximate surface area is 386 Å². The van der Waals surface area contributed by atoms with Crippen molar-refractivity contribution in [1.82, 2.24) is 24.8 Å². The fraction of sp³-hybridized carbons (Fsp3) is 0.600. The predicted molar refractivity (Wildman–Crippen MR) is 251 cm³/mol. The van der Waals surface area contributed by atoms with E-state index in [1.807, 2.05) is 25.7 Å². The lowest BCUT2D eigenvalue weighted by Gasteiger charge is -2.46. The summed E-state index contributed by atoms with van der Waals surface area (Å²) in [4.78, 5) is 34.6. The largest absolute Gasteiger partial charge is 0.475 e. The van der Waals surface area contributed by atoms with Gasteiger partial charge in [0, 0.05) is 37.6 Å². The van der Waals surface area contributed by atoms with Gasteiger partial charge in [0.1, 0.15) is 67.0 Å². The molecule has 354 valence electrons. The molecule has 9 rings (SSSR count). The van der Waals surface area contributed by atoms with Crippen LogP contribution in [0.4, 0.5) is 23.8 Å². The van der Waals surface area contributed by atoms with Gasteiger partial charge in [-0.3, -0.25) is 9.80 Å². The predicted octanol–water partition coefficient (Wildman–Crippen LogP) is 9.98. The van der Waals surface area contributed by atoms with Crippen molar-refractivity contribution in [3.05, 3.63) is 41.5 Å². The Morgan fingerprint density at radius 1 is 0.985 bits per heavy atom. The standard InChI is InChI=1S/C50H63F3N6O6Si/c1-28(2)66(29(3)4,30(5)6)19-16-35-37(52)14-12-31-20-34(64-27-61-10)21-36(40(31)35)43-42(53)44-41-45(56-47(55-44)63-26-50-17-11-18-57(50)23-32(51)22-50)58-24-33-13-15-38(39(58)25-62-46(41)54-43)59(33)48(60)65-49(7,8)9/h12,14,20-21,28-30,32-33,38-39H,11,13,15,17-18,22-27H2,1-10H3/t32-,33-,38+,39-,50-/m1/s1. The highest BCUT2D eigenvalue weighted by atomic mass is 28.3. The van der Waals surface area contributed by atoms with Gasteiger partial charge in [0.2, 0.25) is 5.88 Å². The molecule has 7 heterocycles. The fourth-order valence-electron chi connectivity index (χ4n) is 12.1. The van der Waals surface area contributed by atoms with Crippen LogP contribution in [-0.2, 0) is 9.47 Å². The lowest BCUT2D eigenvalue weighted by Crippen LogP contribution is -2.63. The summed E-state index contributed by atoms with van der Waals surface area (Å²) in [5, 5.41) is 1.19. The van der Waals surface area contributed by atoms with E-state index in [-0.39, 0.29) is 88.3 Å². The Balaban J connectivity index is 1.25. The van der Waals surface area contributed by atoms with E-state index < -0.39 is 49.2 Å². The van der Waals surface area contributed by atoms with Crippen LogP contribution in [0.15, 0.2) is 24.3 Å². The molecule has 5 aliphatic rings. The zero-order valence-electron chi connectivity index (χ0n) is 39.9. The van der Waals surface area contributed by atoms with Crippen LogP contribution in [0.1, 0.15) is 100.0 Å². The summed E-state index contributed by atoms with van der Waals surface area (Å²) in [7, 11) is -0.860. The molecule has 0 N–H and O–H groups in total. The van der Waals surface area contributed by atoms with Crippen LogP contribution in [0.3, 0.4) is 0 Å². The number of fused-ring (bicyclic) bond motifs is 7. The lowest BCUT2D eigenvalue weighted by atomic mass is 9.95. The SMILES string of the molecule is COCOc1cc(-c2nc3c4c(nc(OC[C@]56CCCN5C[C@H](F)C6)nc4c2F)N2C[C@H]4CC[C@@H]([C@H]2CO3)N4C(=O)OC(C)(C)C)c2c(C#C[Si](C(C)C)(C(C)C)C(C)C)c(F)ccc2c1. The zero-order valence-corrected chi connectivity index (χ0v) is 40.9. The van der Waals surface area contributed by atoms with Crippen LogP contribution in [0.2, 0.25) is 16.6 Å². The number of hydrogen-bond acceptors (Lipinski definition) is 11. The molecule has 12 nitrogen and oxygen atoms in total. The quantitative estimate of drug-likeness (QED) is 0.0861. The summed E-state index contributed by atoms with van der Waals surface area (Å²) in [6.45, 7) is 20.3. The van der Waals surface area contributed by atoms with Crippen LogP contribution in [0.25, 0.3) is 32.9 Å². The van der Waals surface area contributed by atoms with Gasteiger partial charge in [0.15, 0.2) is 12.6 Å². The Bertz CT molecular complexity index is 2590. The normalized spacial score (nSPS) is 23.9. The van der Waals surface area contributed by atoms with Crippen molar-refractivity contribution in [1.29, 1.82) is 0 Å². The molecule has 0 aliphatic carbocycles. The van der Waals surface area contributed by atoms with Crippen molar-refractivity contribution in [2.45, 2.75) is 146 Å². The highest BCUT2D eigenvalue weighted by molar-refractivity contribution is 6.90. The van der Waals surface area contributed by atoms with E-state index >= 15 is 8.78 Å². The highest BCUT2D eigenvalue weighted by Crippen LogP contribution is 2.48. The van der Waals surface area contributed by atoms with E-state index in [1.165, 1.54) is 13.2 Å². The molecule has 5 atom stereocenters. The molecule has 0 spiro atoms. The fourth-order valence-corrected chi connectivity index (χ4v) is 17.3. The van der Waals surface area contributed by atoms with E-state index in [9.17, 15) is 9.18 Å². The summed E-state index contributed by atoms with van der Waals surface area (Å²) in [5.74, 6) is 2.81. The molecule has 0 radical (unpaired) electrons. The first kappa shape index (κ1) is 46.3. The van der Waals surface area contributed by atoms with Gasteiger partial charge in [-0.05, 0) is 93.2 Å². The van der Waals surface area contributed by atoms with Crippen molar-refractivity contribution in [2.75, 3.05) is 51.7 Å². The maximum absolute atomic E-state index is 18.1. The third-order valence-corrected chi connectivity index (χ3v) is 21.2. The molecule has 4 aromatic rings. The molecule has 0 saturated carbocycles. The summed E-state index contributed by atoms with van der Waals surface area (Å²) in [6.07, 6.45) is 2.07. The number of halogens is 3. The van der Waals surface area contributed by atoms with Gasteiger partial charge in [0.05, 0.1) is 29.2 Å². The topological polar surface area (TPSA) is 112 Å². The number of pyridine rings is 1. The number of carbonyl (C=O) groups excluding carboxylic acids is 1. The third kappa shape index (κ3) is 7.90. The highest BCUT2D eigenvalue weighted by Gasteiger charge is 2.53. The molecule has 5 aliphatic heterocycles. The number of anilines is 1. The first-order valence-electron chi connectivity index (χ1n) is 23.6. The van der Waals surface area contributed by atoms with E-state index in [1.54, 1.807) is 18.2 Å². The monoisotopic (exact) mass is 928 g/mol. The molecule has 4 fully saturated rings. The molecule has 16 heteroatoms. The van der Waals surface area contributed by atoms with Gasteiger partial charge in [0.25, 0.3) is 0 Å². The van der Waals surface area contributed by atoms with Crippen molar-refractivity contribution in [3.8, 4) is 40.4 Å².